The molecule has 0 aromatic heterocycles. The molecular formula is C16H27NO4. The Hall–Kier alpha value is -1.14. The Labute approximate surface area is 127 Å². The van der Waals surface area contributed by atoms with Gasteiger partial charge in [0.05, 0.1) is 19.3 Å². The van der Waals surface area contributed by atoms with E-state index in [2.05, 4.69) is 0 Å². The van der Waals surface area contributed by atoms with Crippen LogP contribution in [0, 0.1) is 0 Å². The summed E-state index contributed by atoms with van der Waals surface area (Å²) >= 11 is 0. The number of nitrogens with two attached hydrogens (primary N) is 1. The zero-order valence-corrected chi connectivity index (χ0v) is 13.1. The summed E-state index contributed by atoms with van der Waals surface area (Å²) in [4.78, 5) is 0. The van der Waals surface area contributed by atoms with Crippen LogP contribution in [0.15, 0.2) is 24.3 Å². The van der Waals surface area contributed by atoms with Crippen LogP contribution in [0.3, 0.4) is 0 Å². The first-order chi connectivity index (χ1) is 10.1. The number of benzene rings is 1. The number of methoxy groups -OCH3 is 1. The van der Waals surface area contributed by atoms with E-state index in [1.54, 1.807) is 7.11 Å². The van der Waals surface area contributed by atoms with E-state index < -0.39 is 6.10 Å². The van der Waals surface area contributed by atoms with E-state index in [4.69, 9.17) is 19.9 Å². The van der Waals surface area contributed by atoms with Crippen molar-refractivity contribution in [2.24, 2.45) is 5.73 Å². The predicted molar refractivity (Wildman–Crippen MR) is 82.5 cm³/mol. The molecule has 1 aromatic rings. The maximum absolute atomic E-state index is 9.89. The molecule has 3 unspecified atom stereocenters. The van der Waals surface area contributed by atoms with Crippen molar-refractivity contribution in [1.29, 1.82) is 0 Å². The van der Waals surface area contributed by atoms with Crippen molar-refractivity contribution in [3.05, 3.63) is 29.8 Å². The fourth-order valence-corrected chi connectivity index (χ4v) is 1.93. The van der Waals surface area contributed by atoms with Crippen molar-refractivity contribution in [1.82, 2.24) is 0 Å². The molecule has 3 atom stereocenters. The van der Waals surface area contributed by atoms with Crippen molar-refractivity contribution in [3.8, 4) is 5.75 Å². The molecule has 0 aliphatic rings. The van der Waals surface area contributed by atoms with E-state index in [1.807, 2.05) is 38.1 Å². The monoisotopic (exact) mass is 297 g/mol. The van der Waals surface area contributed by atoms with Crippen LogP contribution in [0.4, 0.5) is 0 Å². The zero-order chi connectivity index (χ0) is 15.7. The normalized spacial score (nSPS) is 15.5. The van der Waals surface area contributed by atoms with E-state index in [9.17, 15) is 5.11 Å². The van der Waals surface area contributed by atoms with E-state index in [-0.39, 0.29) is 25.4 Å². The van der Waals surface area contributed by atoms with Crippen LogP contribution < -0.4 is 10.5 Å². The van der Waals surface area contributed by atoms with Gasteiger partial charge in [-0.05, 0) is 19.4 Å². The van der Waals surface area contributed by atoms with E-state index in [0.29, 0.717) is 6.61 Å². The number of rotatable bonds is 10. The first-order valence-electron chi connectivity index (χ1n) is 7.34. The third kappa shape index (κ3) is 6.44. The molecule has 5 heteroatoms. The Morgan fingerprint density at radius 1 is 1.19 bits per heavy atom. The van der Waals surface area contributed by atoms with Gasteiger partial charge in [-0.2, -0.15) is 0 Å². The minimum absolute atomic E-state index is 0.0505. The summed E-state index contributed by atoms with van der Waals surface area (Å²) in [5.74, 6) is 0.718. The standard InChI is InChI=1S/C16H27NO4/c1-4-15(17)14-7-5-6-8-16(14)21-11-13(18)10-20-12(2)9-19-3/h5-8,12-13,15,18H,4,9-11,17H2,1-3H3. The van der Waals surface area contributed by atoms with Gasteiger partial charge in [0.1, 0.15) is 18.5 Å². The highest BCUT2D eigenvalue weighted by atomic mass is 16.5. The van der Waals surface area contributed by atoms with E-state index in [1.165, 1.54) is 0 Å². The van der Waals surface area contributed by atoms with Gasteiger partial charge in [-0.25, -0.2) is 0 Å². The molecular weight excluding hydrogens is 270 g/mol. The van der Waals surface area contributed by atoms with Gasteiger partial charge in [-0.1, -0.05) is 25.1 Å². The molecule has 1 aromatic carbocycles. The number of aliphatic hydroxyl groups excluding tert-OH is 1. The van der Waals surface area contributed by atoms with Crippen LogP contribution in [0.2, 0.25) is 0 Å². The van der Waals surface area contributed by atoms with Gasteiger partial charge in [-0.3, -0.25) is 0 Å². The minimum atomic E-state index is -0.685. The summed E-state index contributed by atoms with van der Waals surface area (Å²) in [6, 6.07) is 7.59. The summed E-state index contributed by atoms with van der Waals surface area (Å²) in [5, 5.41) is 9.89. The molecule has 5 nitrogen and oxygen atoms in total. The van der Waals surface area contributed by atoms with Gasteiger partial charge in [0.15, 0.2) is 0 Å². The first-order valence-corrected chi connectivity index (χ1v) is 7.34. The Kier molecular flexibility index (Phi) is 8.30. The molecule has 120 valence electrons. The van der Waals surface area contributed by atoms with Gasteiger partial charge >= 0.3 is 0 Å². The smallest absolute Gasteiger partial charge is 0.124 e. The summed E-state index contributed by atoms with van der Waals surface area (Å²) in [6.45, 7) is 4.81. The molecule has 0 aliphatic heterocycles. The van der Waals surface area contributed by atoms with Crippen molar-refractivity contribution < 1.29 is 19.3 Å². The zero-order valence-electron chi connectivity index (χ0n) is 13.1. The van der Waals surface area contributed by atoms with Crippen molar-refractivity contribution >= 4 is 0 Å². The second-order valence-corrected chi connectivity index (χ2v) is 5.12. The highest BCUT2D eigenvalue weighted by Crippen LogP contribution is 2.25. The van der Waals surface area contributed by atoms with Gasteiger partial charge in [0, 0.05) is 18.7 Å². The second-order valence-electron chi connectivity index (χ2n) is 5.12. The lowest BCUT2D eigenvalue weighted by Gasteiger charge is -2.19. The van der Waals surface area contributed by atoms with E-state index >= 15 is 0 Å². The Bertz CT molecular complexity index is 400. The fraction of sp³-hybridized carbons (Fsp3) is 0.625. The average molecular weight is 297 g/mol. The van der Waals surface area contributed by atoms with E-state index in [0.717, 1.165) is 17.7 Å². The van der Waals surface area contributed by atoms with Crippen LogP contribution in [-0.2, 0) is 9.47 Å². The lowest BCUT2D eigenvalue weighted by atomic mass is 10.0. The molecule has 0 saturated carbocycles. The summed E-state index contributed by atoms with van der Waals surface area (Å²) in [6.07, 6.45) is 0.0984. The molecule has 0 fully saturated rings. The SMILES string of the molecule is CCC(N)c1ccccc1OCC(O)COC(C)COC. The highest BCUT2D eigenvalue weighted by molar-refractivity contribution is 5.35. The molecule has 0 heterocycles. The van der Waals surface area contributed by atoms with Gasteiger partial charge in [0.25, 0.3) is 0 Å². The molecule has 0 aliphatic carbocycles. The number of hydrogen-bond acceptors (Lipinski definition) is 5. The molecule has 0 bridgehead atoms. The van der Waals surface area contributed by atoms with Gasteiger partial charge < -0.3 is 25.1 Å². The third-order valence-electron chi connectivity index (χ3n) is 3.16. The fourth-order valence-electron chi connectivity index (χ4n) is 1.93. The molecule has 0 saturated heterocycles. The molecule has 21 heavy (non-hydrogen) atoms. The molecule has 3 N–H and O–H groups in total. The summed E-state index contributed by atoms with van der Waals surface area (Å²) in [7, 11) is 1.62. The summed E-state index contributed by atoms with van der Waals surface area (Å²) in [5.41, 5.74) is 7.01. The minimum Gasteiger partial charge on any atom is -0.490 e. The maximum Gasteiger partial charge on any atom is 0.124 e. The Morgan fingerprint density at radius 3 is 2.57 bits per heavy atom. The quantitative estimate of drug-likeness (QED) is 0.690. The third-order valence-corrected chi connectivity index (χ3v) is 3.16. The largest absolute Gasteiger partial charge is 0.490 e. The molecule has 0 amide bonds. The maximum atomic E-state index is 9.89. The van der Waals surface area contributed by atoms with Gasteiger partial charge in [-0.15, -0.1) is 0 Å². The predicted octanol–water partition coefficient (Wildman–Crippen LogP) is 1.89. The van der Waals surface area contributed by atoms with Crippen LogP contribution in [-0.4, -0.2) is 44.2 Å². The number of hydrogen-bond donors (Lipinski definition) is 2. The van der Waals surface area contributed by atoms with Crippen LogP contribution in [0.5, 0.6) is 5.75 Å². The van der Waals surface area contributed by atoms with Crippen LogP contribution in [0.1, 0.15) is 31.9 Å². The number of ether oxygens (including phenoxy) is 3. The van der Waals surface area contributed by atoms with Crippen LogP contribution >= 0.6 is 0 Å². The first kappa shape index (κ1) is 17.9. The summed E-state index contributed by atoms with van der Waals surface area (Å²) < 4.78 is 16.1. The van der Waals surface area contributed by atoms with Crippen LogP contribution in [0.25, 0.3) is 0 Å². The lowest BCUT2D eigenvalue weighted by Crippen LogP contribution is -2.27. The highest BCUT2D eigenvalue weighted by Gasteiger charge is 2.13. The van der Waals surface area contributed by atoms with Gasteiger partial charge in [0.2, 0.25) is 0 Å². The van der Waals surface area contributed by atoms with Crippen molar-refractivity contribution in [3.63, 3.8) is 0 Å². The second kappa shape index (κ2) is 9.73. The molecule has 0 spiro atoms. The molecule has 0 radical (unpaired) electrons. The van der Waals surface area contributed by atoms with Crippen molar-refractivity contribution in [2.75, 3.05) is 26.9 Å². The molecule has 1 rings (SSSR count). The average Bonchev–Trinajstić information content (AvgIpc) is 2.50. The number of aliphatic hydroxyl groups is 1. The topological polar surface area (TPSA) is 73.9 Å². The van der Waals surface area contributed by atoms with Crippen molar-refractivity contribution in [2.45, 2.75) is 38.5 Å². The Morgan fingerprint density at radius 2 is 1.90 bits per heavy atom. The Balaban J connectivity index is 2.44. The lowest BCUT2D eigenvalue weighted by molar-refractivity contribution is -0.0423. The number of para-hydroxylation sites is 1.